The Morgan fingerprint density at radius 3 is 2.55 bits per heavy atom. The minimum absolute atomic E-state index is 0.0229. The van der Waals surface area contributed by atoms with Gasteiger partial charge in [-0.05, 0) is 37.1 Å². The Bertz CT molecular complexity index is 617. The van der Waals surface area contributed by atoms with Crippen LogP contribution in [0.25, 0.3) is 0 Å². The van der Waals surface area contributed by atoms with E-state index in [-0.39, 0.29) is 17.4 Å². The normalized spacial score (nSPS) is 12.1. The Labute approximate surface area is 118 Å². The molecule has 20 heavy (non-hydrogen) atoms. The number of anilines is 1. The third-order valence-electron chi connectivity index (χ3n) is 3.22. The van der Waals surface area contributed by atoms with Gasteiger partial charge in [0.2, 0.25) is 0 Å². The molecule has 106 valence electrons. The number of aryl methyl sites for hydroxylation is 1. The molecule has 1 aromatic carbocycles. The van der Waals surface area contributed by atoms with Gasteiger partial charge in [0.25, 0.3) is 5.56 Å². The third-order valence-corrected chi connectivity index (χ3v) is 3.22. The summed E-state index contributed by atoms with van der Waals surface area (Å²) in [6.45, 7) is 4.81. The fraction of sp³-hybridized carbons (Fsp3) is 0.312. The van der Waals surface area contributed by atoms with E-state index in [2.05, 4.69) is 5.32 Å². The second-order valence-corrected chi connectivity index (χ2v) is 4.91. The van der Waals surface area contributed by atoms with Crippen LogP contribution in [0, 0.1) is 0 Å². The molecule has 0 bridgehead atoms. The summed E-state index contributed by atoms with van der Waals surface area (Å²) in [5.74, 6) is 0.262. The molecule has 0 radical (unpaired) electrons. The van der Waals surface area contributed by atoms with Crippen LogP contribution in [0.3, 0.4) is 0 Å². The Kier molecular flexibility index (Phi) is 4.45. The van der Waals surface area contributed by atoms with Crippen LogP contribution in [0.2, 0.25) is 0 Å². The maximum absolute atomic E-state index is 11.7. The van der Waals surface area contributed by atoms with Gasteiger partial charge in [0.15, 0.2) is 0 Å². The molecule has 0 saturated carbocycles. The molecular formula is C16H20N2O2. The zero-order chi connectivity index (χ0) is 14.5. The average Bonchev–Trinajstić information content (AvgIpc) is 2.43. The average molecular weight is 272 g/mol. The molecule has 0 aliphatic heterocycles. The number of benzene rings is 1. The summed E-state index contributed by atoms with van der Waals surface area (Å²) in [5.41, 5.74) is 2.02. The largest absolute Gasteiger partial charge is 0.508 e. The number of phenolic OH excluding ortho intramolecular Hbond substituents is 1. The van der Waals surface area contributed by atoms with E-state index in [1.54, 1.807) is 28.8 Å². The SMILES string of the molecule is CCCn1cc(NC(C)c2ccc(O)cc2)ccc1=O. The monoisotopic (exact) mass is 272 g/mol. The number of aromatic nitrogens is 1. The van der Waals surface area contributed by atoms with Crippen LogP contribution >= 0.6 is 0 Å². The van der Waals surface area contributed by atoms with E-state index in [0.29, 0.717) is 0 Å². The summed E-state index contributed by atoms with van der Waals surface area (Å²) in [5, 5.41) is 12.7. The van der Waals surface area contributed by atoms with Gasteiger partial charge in [-0.2, -0.15) is 0 Å². The molecular weight excluding hydrogens is 252 g/mol. The van der Waals surface area contributed by atoms with E-state index in [1.807, 2.05) is 32.2 Å². The molecule has 0 amide bonds. The quantitative estimate of drug-likeness (QED) is 0.879. The van der Waals surface area contributed by atoms with Gasteiger partial charge in [-0.15, -0.1) is 0 Å². The molecule has 0 fully saturated rings. The first kappa shape index (κ1) is 14.2. The predicted molar refractivity (Wildman–Crippen MR) is 81.1 cm³/mol. The molecule has 4 heteroatoms. The molecule has 1 unspecified atom stereocenters. The van der Waals surface area contributed by atoms with Gasteiger partial charge in [-0.25, -0.2) is 0 Å². The second kappa shape index (κ2) is 6.28. The van der Waals surface area contributed by atoms with E-state index < -0.39 is 0 Å². The van der Waals surface area contributed by atoms with Gasteiger partial charge in [0.05, 0.1) is 5.69 Å². The van der Waals surface area contributed by atoms with Crippen molar-refractivity contribution in [3.8, 4) is 5.75 Å². The summed E-state index contributed by atoms with van der Waals surface area (Å²) >= 11 is 0. The lowest BCUT2D eigenvalue weighted by atomic mass is 10.1. The Morgan fingerprint density at radius 1 is 1.20 bits per heavy atom. The Morgan fingerprint density at radius 2 is 1.90 bits per heavy atom. The summed E-state index contributed by atoms with van der Waals surface area (Å²) in [7, 11) is 0. The molecule has 0 saturated heterocycles. The lowest BCUT2D eigenvalue weighted by Crippen LogP contribution is -2.19. The highest BCUT2D eigenvalue weighted by Crippen LogP contribution is 2.20. The number of nitrogens with zero attached hydrogens (tertiary/aromatic N) is 1. The maximum atomic E-state index is 11.7. The topological polar surface area (TPSA) is 54.3 Å². The van der Waals surface area contributed by atoms with Crippen molar-refractivity contribution in [2.45, 2.75) is 32.9 Å². The van der Waals surface area contributed by atoms with Crippen molar-refractivity contribution in [1.82, 2.24) is 4.57 Å². The Balaban J connectivity index is 2.15. The van der Waals surface area contributed by atoms with Gasteiger partial charge in [-0.3, -0.25) is 4.79 Å². The second-order valence-electron chi connectivity index (χ2n) is 4.91. The molecule has 0 spiro atoms. The standard InChI is InChI=1S/C16H20N2O2/c1-3-10-18-11-14(6-9-16(18)20)17-12(2)13-4-7-15(19)8-5-13/h4-9,11-12,17,19H,3,10H2,1-2H3. The number of phenols is 1. The van der Waals surface area contributed by atoms with E-state index in [1.165, 1.54) is 0 Å². The number of hydrogen-bond acceptors (Lipinski definition) is 3. The number of nitrogens with one attached hydrogen (secondary N) is 1. The zero-order valence-corrected chi connectivity index (χ0v) is 11.8. The first-order valence-electron chi connectivity index (χ1n) is 6.86. The number of hydrogen-bond donors (Lipinski definition) is 2. The van der Waals surface area contributed by atoms with Crippen LogP contribution in [-0.4, -0.2) is 9.67 Å². The summed E-state index contributed by atoms with van der Waals surface area (Å²) < 4.78 is 1.71. The minimum atomic E-state index is 0.0229. The van der Waals surface area contributed by atoms with Crippen LogP contribution in [-0.2, 0) is 6.54 Å². The number of pyridine rings is 1. The highest BCUT2D eigenvalue weighted by Gasteiger charge is 2.06. The fourth-order valence-electron chi connectivity index (χ4n) is 2.13. The van der Waals surface area contributed by atoms with Crippen molar-refractivity contribution in [3.63, 3.8) is 0 Å². The van der Waals surface area contributed by atoms with Crippen molar-refractivity contribution in [2.75, 3.05) is 5.32 Å². The van der Waals surface area contributed by atoms with Crippen molar-refractivity contribution in [2.24, 2.45) is 0 Å². The molecule has 4 nitrogen and oxygen atoms in total. The van der Waals surface area contributed by atoms with Crippen molar-refractivity contribution < 1.29 is 5.11 Å². The van der Waals surface area contributed by atoms with Crippen molar-refractivity contribution >= 4 is 5.69 Å². The number of aromatic hydroxyl groups is 1. The molecule has 1 aromatic heterocycles. The van der Waals surface area contributed by atoms with Crippen LogP contribution < -0.4 is 10.9 Å². The van der Waals surface area contributed by atoms with E-state index in [4.69, 9.17) is 0 Å². The third kappa shape index (κ3) is 3.41. The van der Waals surface area contributed by atoms with Gasteiger partial charge in [0.1, 0.15) is 5.75 Å². The molecule has 0 aliphatic rings. The smallest absolute Gasteiger partial charge is 0.250 e. The minimum Gasteiger partial charge on any atom is -0.508 e. The first-order valence-corrected chi connectivity index (χ1v) is 6.86. The number of rotatable bonds is 5. The molecule has 2 rings (SSSR count). The molecule has 2 aromatic rings. The molecule has 1 atom stereocenters. The van der Waals surface area contributed by atoms with Crippen LogP contribution in [0.5, 0.6) is 5.75 Å². The summed E-state index contributed by atoms with van der Waals surface area (Å²) in [6.07, 6.45) is 2.78. The lowest BCUT2D eigenvalue weighted by molar-refractivity contribution is 0.475. The van der Waals surface area contributed by atoms with Gasteiger partial charge in [-0.1, -0.05) is 19.1 Å². The van der Waals surface area contributed by atoms with E-state index in [9.17, 15) is 9.90 Å². The van der Waals surface area contributed by atoms with Gasteiger partial charge < -0.3 is 15.0 Å². The van der Waals surface area contributed by atoms with Gasteiger partial charge >= 0.3 is 0 Å². The summed E-state index contributed by atoms with van der Waals surface area (Å²) in [4.78, 5) is 11.7. The first-order chi connectivity index (χ1) is 9.60. The van der Waals surface area contributed by atoms with Crippen LogP contribution in [0.4, 0.5) is 5.69 Å². The molecule has 2 N–H and O–H groups in total. The summed E-state index contributed by atoms with van der Waals surface area (Å²) in [6, 6.07) is 10.6. The van der Waals surface area contributed by atoms with Gasteiger partial charge in [0, 0.05) is 24.8 Å². The highest BCUT2D eigenvalue weighted by molar-refractivity contribution is 5.43. The lowest BCUT2D eigenvalue weighted by Gasteiger charge is -2.16. The maximum Gasteiger partial charge on any atom is 0.250 e. The Hall–Kier alpha value is -2.23. The van der Waals surface area contributed by atoms with E-state index >= 15 is 0 Å². The zero-order valence-electron chi connectivity index (χ0n) is 11.8. The molecule has 1 heterocycles. The molecule has 0 aliphatic carbocycles. The predicted octanol–water partition coefficient (Wildman–Crippen LogP) is 3.14. The van der Waals surface area contributed by atoms with Crippen LogP contribution in [0.15, 0.2) is 47.4 Å². The highest BCUT2D eigenvalue weighted by atomic mass is 16.3. The van der Waals surface area contributed by atoms with Crippen molar-refractivity contribution in [1.29, 1.82) is 0 Å². The van der Waals surface area contributed by atoms with Crippen LogP contribution in [0.1, 0.15) is 31.9 Å². The van der Waals surface area contributed by atoms with E-state index in [0.717, 1.165) is 24.2 Å². The fourth-order valence-corrected chi connectivity index (χ4v) is 2.13. The van der Waals surface area contributed by atoms with Crippen molar-refractivity contribution in [3.05, 3.63) is 58.5 Å².